The van der Waals surface area contributed by atoms with E-state index in [-0.39, 0.29) is 12.6 Å². The van der Waals surface area contributed by atoms with Crippen LogP contribution in [0.5, 0.6) is 0 Å². The molecule has 1 aliphatic rings. The first kappa shape index (κ1) is 13.9. The van der Waals surface area contributed by atoms with E-state index in [9.17, 15) is 18.0 Å². The van der Waals surface area contributed by atoms with Crippen LogP contribution in [-0.2, 0) is 11.2 Å². The van der Waals surface area contributed by atoms with E-state index < -0.39 is 18.6 Å². The van der Waals surface area contributed by atoms with Gasteiger partial charge in [-0.25, -0.2) is 0 Å². The SMILES string of the molecule is O=C(CNCC(F)(F)F)NC1CCCc2occc21. The van der Waals surface area contributed by atoms with Gasteiger partial charge in [0.2, 0.25) is 5.91 Å². The number of halogens is 3. The van der Waals surface area contributed by atoms with Gasteiger partial charge in [-0.05, 0) is 18.9 Å². The lowest BCUT2D eigenvalue weighted by atomic mass is 9.93. The summed E-state index contributed by atoms with van der Waals surface area (Å²) in [6.45, 7) is -1.51. The molecule has 0 spiro atoms. The van der Waals surface area contributed by atoms with Crippen molar-refractivity contribution in [1.29, 1.82) is 0 Å². The first-order valence-corrected chi connectivity index (χ1v) is 6.09. The van der Waals surface area contributed by atoms with Crippen LogP contribution in [0.3, 0.4) is 0 Å². The van der Waals surface area contributed by atoms with Gasteiger partial charge in [0.15, 0.2) is 0 Å². The Morgan fingerprint density at radius 2 is 2.26 bits per heavy atom. The van der Waals surface area contributed by atoms with E-state index in [2.05, 4.69) is 10.6 Å². The van der Waals surface area contributed by atoms with Gasteiger partial charge in [-0.2, -0.15) is 13.2 Å². The molecule has 0 fully saturated rings. The maximum absolute atomic E-state index is 11.9. The van der Waals surface area contributed by atoms with Crippen molar-refractivity contribution in [2.24, 2.45) is 0 Å². The minimum atomic E-state index is -4.30. The Labute approximate surface area is 108 Å². The third-order valence-corrected chi connectivity index (χ3v) is 3.00. The maximum Gasteiger partial charge on any atom is 0.401 e. The summed E-state index contributed by atoms with van der Waals surface area (Å²) in [5.41, 5.74) is 0.926. The van der Waals surface area contributed by atoms with Gasteiger partial charge >= 0.3 is 6.18 Å². The topological polar surface area (TPSA) is 54.3 Å². The molecule has 1 atom stereocenters. The molecule has 0 aromatic carbocycles. The number of alkyl halides is 3. The molecular formula is C12H15F3N2O2. The highest BCUT2D eigenvalue weighted by Gasteiger charge is 2.27. The zero-order chi connectivity index (χ0) is 13.9. The van der Waals surface area contributed by atoms with Crippen LogP contribution >= 0.6 is 0 Å². The maximum atomic E-state index is 11.9. The van der Waals surface area contributed by atoms with Crippen LogP contribution in [0.1, 0.15) is 30.2 Å². The van der Waals surface area contributed by atoms with Crippen molar-refractivity contribution in [1.82, 2.24) is 10.6 Å². The minimum absolute atomic E-state index is 0.164. The smallest absolute Gasteiger partial charge is 0.401 e. The monoisotopic (exact) mass is 276 g/mol. The number of fused-ring (bicyclic) bond motifs is 1. The average molecular weight is 276 g/mol. The predicted molar refractivity (Wildman–Crippen MR) is 61.5 cm³/mol. The van der Waals surface area contributed by atoms with Gasteiger partial charge in [-0.1, -0.05) is 0 Å². The van der Waals surface area contributed by atoms with Crippen molar-refractivity contribution >= 4 is 5.91 Å². The zero-order valence-corrected chi connectivity index (χ0v) is 10.2. The fourth-order valence-electron chi connectivity index (χ4n) is 2.20. The highest BCUT2D eigenvalue weighted by molar-refractivity contribution is 5.78. The Hall–Kier alpha value is -1.50. The molecule has 106 valence electrons. The number of furan rings is 1. The summed E-state index contributed by atoms with van der Waals surface area (Å²) in [5.74, 6) is 0.406. The molecule has 0 aliphatic heterocycles. The summed E-state index contributed by atoms with van der Waals surface area (Å²) in [4.78, 5) is 11.6. The van der Waals surface area contributed by atoms with Gasteiger partial charge in [0.1, 0.15) is 5.76 Å². The van der Waals surface area contributed by atoms with Crippen molar-refractivity contribution in [3.63, 3.8) is 0 Å². The summed E-state index contributed by atoms with van der Waals surface area (Å²) >= 11 is 0. The van der Waals surface area contributed by atoms with Gasteiger partial charge < -0.3 is 15.1 Å². The summed E-state index contributed by atoms with van der Waals surface area (Å²) in [7, 11) is 0. The molecule has 19 heavy (non-hydrogen) atoms. The van der Waals surface area contributed by atoms with Gasteiger partial charge in [-0.15, -0.1) is 0 Å². The number of hydrogen-bond acceptors (Lipinski definition) is 3. The summed E-state index contributed by atoms with van der Waals surface area (Å²) in [5, 5.41) is 4.79. The summed E-state index contributed by atoms with van der Waals surface area (Å²) in [6, 6.07) is 1.63. The number of hydrogen-bond donors (Lipinski definition) is 2. The van der Waals surface area contributed by atoms with E-state index in [1.807, 2.05) is 0 Å². The fourth-order valence-corrected chi connectivity index (χ4v) is 2.20. The number of amides is 1. The Morgan fingerprint density at radius 3 is 3.00 bits per heavy atom. The number of rotatable bonds is 4. The van der Waals surface area contributed by atoms with E-state index in [4.69, 9.17) is 4.42 Å². The molecule has 1 aromatic rings. The van der Waals surface area contributed by atoms with Crippen molar-refractivity contribution in [2.45, 2.75) is 31.5 Å². The molecule has 1 aromatic heterocycles. The molecule has 1 unspecified atom stereocenters. The Bertz CT molecular complexity index is 442. The van der Waals surface area contributed by atoms with E-state index in [0.717, 1.165) is 30.6 Å². The Morgan fingerprint density at radius 1 is 1.47 bits per heavy atom. The lowest BCUT2D eigenvalue weighted by Crippen LogP contribution is -2.40. The molecule has 0 saturated heterocycles. The lowest BCUT2D eigenvalue weighted by Gasteiger charge is -2.22. The van der Waals surface area contributed by atoms with Crippen LogP contribution in [0.15, 0.2) is 16.7 Å². The number of aryl methyl sites for hydroxylation is 1. The molecule has 4 nitrogen and oxygen atoms in total. The summed E-state index contributed by atoms with van der Waals surface area (Å²) in [6.07, 6.45) is -0.236. The molecule has 7 heteroatoms. The van der Waals surface area contributed by atoms with E-state index in [1.165, 1.54) is 0 Å². The van der Waals surface area contributed by atoms with E-state index >= 15 is 0 Å². The number of carbonyl (C=O) groups excluding carboxylic acids is 1. The average Bonchev–Trinajstić information content (AvgIpc) is 2.76. The van der Waals surface area contributed by atoms with Crippen molar-refractivity contribution in [2.75, 3.05) is 13.1 Å². The largest absolute Gasteiger partial charge is 0.469 e. The first-order chi connectivity index (χ1) is 8.96. The quantitative estimate of drug-likeness (QED) is 0.883. The molecule has 0 radical (unpaired) electrons. The zero-order valence-electron chi connectivity index (χ0n) is 10.2. The van der Waals surface area contributed by atoms with E-state index in [0.29, 0.717) is 0 Å². The van der Waals surface area contributed by atoms with Crippen molar-refractivity contribution < 1.29 is 22.4 Å². The molecule has 1 heterocycles. The van der Waals surface area contributed by atoms with Crippen LogP contribution in [-0.4, -0.2) is 25.2 Å². The highest BCUT2D eigenvalue weighted by atomic mass is 19.4. The molecule has 1 aliphatic carbocycles. The molecule has 1 amide bonds. The standard InChI is InChI=1S/C12H15F3N2O2/c13-12(14,15)7-16-6-11(18)17-9-2-1-3-10-8(9)4-5-19-10/h4-5,9,16H,1-3,6-7H2,(H,17,18). The summed E-state index contributed by atoms with van der Waals surface area (Å²) < 4.78 is 41.0. The third kappa shape index (κ3) is 3.99. The highest BCUT2D eigenvalue weighted by Crippen LogP contribution is 2.30. The Balaban J connectivity index is 1.81. The van der Waals surface area contributed by atoms with Crippen LogP contribution < -0.4 is 10.6 Å². The second-order valence-electron chi connectivity index (χ2n) is 4.53. The molecule has 0 saturated carbocycles. The van der Waals surface area contributed by atoms with Crippen LogP contribution in [0.25, 0.3) is 0 Å². The lowest BCUT2D eigenvalue weighted by molar-refractivity contribution is -0.128. The van der Waals surface area contributed by atoms with E-state index in [1.54, 1.807) is 12.3 Å². The normalized spacial score (nSPS) is 19.0. The third-order valence-electron chi connectivity index (χ3n) is 3.00. The van der Waals surface area contributed by atoms with Crippen LogP contribution in [0, 0.1) is 0 Å². The van der Waals surface area contributed by atoms with Gasteiger partial charge in [0.05, 0.1) is 25.4 Å². The van der Waals surface area contributed by atoms with Crippen LogP contribution in [0.2, 0.25) is 0 Å². The van der Waals surface area contributed by atoms with Gasteiger partial charge in [0.25, 0.3) is 0 Å². The molecule has 2 rings (SSSR count). The fraction of sp³-hybridized carbons (Fsp3) is 0.583. The number of carbonyl (C=O) groups is 1. The van der Waals surface area contributed by atoms with Gasteiger partial charge in [-0.3, -0.25) is 4.79 Å². The Kier molecular flexibility index (Phi) is 4.14. The molecule has 2 N–H and O–H groups in total. The second kappa shape index (κ2) is 5.64. The first-order valence-electron chi connectivity index (χ1n) is 6.09. The van der Waals surface area contributed by atoms with Crippen LogP contribution in [0.4, 0.5) is 13.2 Å². The van der Waals surface area contributed by atoms with Crippen molar-refractivity contribution in [3.8, 4) is 0 Å². The second-order valence-corrected chi connectivity index (χ2v) is 4.53. The minimum Gasteiger partial charge on any atom is -0.469 e. The van der Waals surface area contributed by atoms with Gasteiger partial charge in [0, 0.05) is 12.0 Å². The molecular weight excluding hydrogens is 261 g/mol. The number of nitrogens with one attached hydrogen (secondary N) is 2. The molecule has 0 bridgehead atoms. The predicted octanol–water partition coefficient (Wildman–Crippen LogP) is 1.93. The van der Waals surface area contributed by atoms with Crippen molar-refractivity contribution in [3.05, 3.63) is 23.7 Å².